The molecule has 0 amide bonds. The van der Waals surface area contributed by atoms with Gasteiger partial charge >= 0.3 is 0 Å². The Balaban J connectivity index is 2.48. The summed E-state index contributed by atoms with van der Waals surface area (Å²) in [6, 6.07) is 8.38. The van der Waals surface area contributed by atoms with E-state index in [2.05, 4.69) is 4.72 Å². The number of nitrogens with one attached hydrogen (secondary N) is 1. The van der Waals surface area contributed by atoms with Gasteiger partial charge in [-0.1, -0.05) is 17.7 Å². The van der Waals surface area contributed by atoms with Crippen molar-refractivity contribution in [2.75, 3.05) is 18.9 Å². The highest BCUT2D eigenvalue weighted by Gasteiger charge is 2.22. The largest absolute Gasteiger partial charge is 0.508 e. The zero-order valence-corrected chi connectivity index (χ0v) is 13.4. The smallest absolute Gasteiger partial charge is 0.265 e. The lowest BCUT2D eigenvalue weighted by Gasteiger charge is -2.14. The van der Waals surface area contributed by atoms with Crippen LogP contribution < -0.4 is 14.2 Å². The van der Waals surface area contributed by atoms with Gasteiger partial charge in [0.25, 0.3) is 10.0 Å². The molecule has 0 unspecified atom stereocenters. The number of hydrogen-bond acceptors (Lipinski definition) is 5. The normalized spacial score (nSPS) is 11.0. The van der Waals surface area contributed by atoms with E-state index in [0.717, 1.165) is 0 Å². The van der Waals surface area contributed by atoms with Crippen LogP contribution in [-0.2, 0) is 10.0 Å². The molecule has 0 aliphatic rings. The Morgan fingerprint density at radius 3 is 2.36 bits per heavy atom. The van der Waals surface area contributed by atoms with Crippen molar-refractivity contribution in [3.8, 4) is 17.2 Å². The van der Waals surface area contributed by atoms with Gasteiger partial charge in [-0.05, 0) is 12.1 Å². The molecule has 0 heterocycles. The van der Waals surface area contributed by atoms with Gasteiger partial charge in [0.2, 0.25) is 0 Å². The van der Waals surface area contributed by atoms with E-state index in [1.165, 1.54) is 50.6 Å². The summed E-state index contributed by atoms with van der Waals surface area (Å²) in [5, 5.41) is 9.63. The summed E-state index contributed by atoms with van der Waals surface area (Å²) in [4.78, 5) is -0.125. The van der Waals surface area contributed by atoms with E-state index in [4.69, 9.17) is 21.1 Å². The second-order valence-corrected chi connectivity index (χ2v) is 6.35. The van der Waals surface area contributed by atoms with Crippen molar-refractivity contribution >= 4 is 27.3 Å². The van der Waals surface area contributed by atoms with Crippen molar-refractivity contribution in [1.29, 1.82) is 0 Å². The first-order valence-corrected chi connectivity index (χ1v) is 7.97. The highest BCUT2D eigenvalue weighted by molar-refractivity contribution is 7.92. The average Bonchev–Trinajstić information content (AvgIpc) is 2.46. The highest BCUT2D eigenvalue weighted by atomic mass is 35.5. The molecule has 22 heavy (non-hydrogen) atoms. The third kappa shape index (κ3) is 3.37. The van der Waals surface area contributed by atoms with Gasteiger partial charge in [-0.3, -0.25) is 4.72 Å². The fraction of sp³-hybridized carbons (Fsp3) is 0.143. The number of sulfonamides is 1. The monoisotopic (exact) mass is 343 g/mol. The fourth-order valence-corrected chi connectivity index (χ4v) is 3.27. The van der Waals surface area contributed by atoms with Gasteiger partial charge in [0.05, 0.1) is 24.9 Å². The Labute approximate surface area is 133 Å². The Hall–Kier alpha value is -2.12. The number of phenolic OH excluding ortho intramolecular Hbond substituents is 1. The zero-order chi connectivity index (χ0) is 16.3. The number of phenols is 1. The van der Waals surface area contributed by atoms with Crippen LogP contribution in [0.4, 0.5) is 5.69 Å². The van der Waals surface area contributed by atoms with Gasteiger partial charge in [0, 0.05) is 18.2 Å². The molecule has 0 aliphatic heterocycles. The summed E-state index contributed by atoms with van der Waals surface area (Å²) in [5.74, 6) is 0.234. The molecular formula is C14H14ClNO5S. The SMILES string of the molecule is COc1cc(S(=O)(=O)Nc2cccc(O)c2)c(OC)cc1Cl. The summed E-state index contributed by atoms with van der Waals surface area (Å²) in [7, 11) is -1.23. The van der Waals surface area contributed by atoms with Gasteiger partial charge in [-0.2, -0.15) is 0 Å². The van der Waals surface area contributed by atoms with E-state index in [9.17, 15) is 13.5 Å². The standard InChI is InChI=1S/C14H14ClNO5S/c1-20-12-8-14(13(21-2)7-11(12)15)22(18,19)16-9-4-3-5-10(17)6-9/h3-8,16-17H,1-2H3. The van der Waals surface area contributed by atoms with E-state index in [1.54, 1.807) is 0 Å². The molecule has 2 aromatic rings. The van der Waals surface area contributed by atoms with Crippen molar-refractivity contribution in [3.05, 3.63) is 41.4 Å². The minimum absolute atomic E-state index is 0.0548. The molecule has 2 aromatic carbocycles. The van der Waals surface area contributed by atoms with E-state index in [0.29, 0.717) is 0 Å². The average molecular weight is 344 g/mol. The van der Waals surface area contributed by atoms with Gasteiger partial charge in [0.1, 0.15) is 22.1 Å². The molecule has 0 saturated heterocycles. The zero-order valence-electron chi connectivity index (χ0n) is 11.8. The van der Waals surface area contributed by atoms with Crippen molar-refractivity contribution < 1.29 is 23.0 Å². The molecule has 0 aromatic heterocycles. The van der Waals surface area contributed by atoms with E-state index in [-0.39, 0.29) is 32.9 Å². The molecule has 6 nitrogen and oxygen atoms in total. The molecule has 0 bridgehead atoms. The van der Waals surface area contributed by atoms with Crippen molar-refractivity contribution in [1.82, 2.24) is 0 Å². The number of anilines is 1. The Morgan fingerprint density at radius 2 is 1.77 bits per heavy atom. The van der Waals surface area contributed by atoms with Crippen molar-refractivity contribution in [2.45, 2.75) is 4.90 Å². The Kier molecular flexibility index (Phi) is 4.68. The van der Waals surface area contributed by atoms with E-state index >= 15 is 0 Å². The molecule has 0 radical (unpaired) electrons. The summed E-state index contributed by atoms with van der Waals surface area (Å²) >= 11 is 5.96. The summed E-state index contributed by atoms with van der Waals surface area (Å²) in [5.41, 5.74) is 0.218. The van der Waals surface area contributed by atoms with Gasteiger partial charge < -0.3 is 14.6 Å². The molecule has 2 N–H and O–H groups in total. The van der Waals surface area contributed by atoms with Crippen LogP contribution in [0.1, 0.15) is 0 Å². The van der Waals surface area contributed by atoms with Crippen LogP contribution in [0.3, 0.4) is 0 Å². The number of rotatable bonds is 5. The van der Waals surface area contributed by atoms with Crippen molar-refractivity contribution in [2.24, 2.45) is 0 Å². The molecule has 118 valence electrons. The number of hydrogen-bond donors (Lipinski definition) is 2. The summed E-state index contributed by atoms with van der Waals surface area (Å²) in [6.07, 6.45) is 0. The molecular weight excluding hydrogens is 330 g/mol. The minimum Gasteiger partial charge on any atom is -0.508 e. The summed E-state index contributed by atoms with van der Waals surface area (Å²) < 4.78 is 37.5. The van der Waals surface area contributed by atoms with Gasteiger partial charge in [-0.25, -0.2) is 8.42 Å². The number of benzene rings is 2. The quantitative estimate of drug-likeness (QED) is 0.872. The lowest BCUT2D eigenvalue weighted by atomic mass is 10.3. The van der Waals surface area contributed by atoms with Crippen LogP contribution in [-0.4, -0.2) is 27.7 Å². The third-order valence-corrected chi connectivity index (χ3v) is 4.52. The first-order valence-electron chi connectivity index (χ1n) is 6.10. The first kappa shape index (κ1) is 16.3. The van der Waals surface area contributed by atoms with Crippen LogP contribution in [0.25, 0.3) is 0 Å². The Morgan fingerprint density at radius 1 is 1.09 bits per heavy atom. The minimum atomic E-state index is -3.95. The Bertz CT molecular complexity index is 792. The third-order valence-electron chi connectivity index (χ3n) is 2.83. The van der Waals surface area contributed by atoms with E-state index in [1.807, 2.05) is 0 Å². The molecule has 0 atom stereocenters. The fourth-order valence-electron chi connectivity index (χ4n) is 1.82. The van der Waals surface area contributed by atoms with Crippen molar-refractivity contribution in [3.63, 3.8) is 0 Å². The van der Waals surface area contributed by atoms with Crippen LogP contribution in [0.2, 0.25) is 5.02 Å². The maximum Gasteiger partial charge on any atom is 0.265 e. The maximum atomic E-state index is 12.5. The second kappa shape index (κ2) is 6.33. The van der Waals surface area contributed by atoms with E-state index < -0.39 is 10.0 Å². The lowest BCUT2D eigenvalue weighted by Crippen LogP contribution is -2.14. The second-order valence-electron chi connectivity index (χ2n) is 4.29. The van der Waals surface area contributed by atoms with Crippen LogP contribution in [0.5, 0.6) is 17.2 Å². The lowest BCUT2D eigenvalue weighted by molar-refractivity contribution is 0.392. The predicted molar refractivity (Wildman–Crippen MR) is 83.5 cm³/mol. The predicted octanol–water partition coefficient (Wildman–Crippen LogP) is 2.86. The van der Waals surface area contributed by atoms with Crippen LogP contribution >= 0.6 is 11.6 Å². The topological polar surface area (TPSA) is 84.9 Å². The highest BCUT2D eigenvalue weighted by Crippen LogP contribution is 2.35. The molecule has 2 rings (SSSR count). The molecule has 0 saturated carbocycles. The van der Waals surface area contributed by atoms with Gasteiger partial charge in [0.15, 0.2) is 0 Å². The summed E-state index contributed by atoms with van der Waals surface area (Å²) in [6.45, 7) is 0. The van der Waals surface area contributed by atoms with Gasteiger partial charge in [-0.15, -0.1) is 0 Å². The number of ether oxygens (including phenoxy) is 2. The molecule has 8 heteroatoms. The maximum absolute atomic E-state index is 12.5. The van der Waals surface area contributed by atoms with Crippen LogP contribution in [0.15, 0.2) is 41.3 Å². The van der Waals surface area contributed by atoms with Crippen LogP contribution in [0, 0.1) is 0 Å². The number of methoxy groups -OCH3 is 2. The number of halogens is 1. The first-order chi connectivity index (χ1) is 10.4. The molecule has 0 aliphatic carbocycles. The molecule has 0 fully saturated rings. The number of aromatic hydroxyl groups is 1. The molecule has 0 spiro atoms.